The summed E-state index contributed by atoms with van der Waals surface area (Å²) in [6.45, 7) is 0. The number of aromatic hydroxyl groups is 1. The minimum Gasteiger partial charge on any atom is -0.504 e. The van der Waals surface area contributed by atoms with E-state index in [0.717, 1.165) is 23.9 Å². The van der Waals surface area contributed by atoms with Crippen LogP contribution in [0.4, 0.5) is 5.69 Å². The van der Waals surface area contributed by atoms with Crippen LogP contribution < -0.4 is 10.2 Å². The summed E-state index contributed by atoms with van der Waals surface area (Å²) in [6, 6.07) is 11.3. The van der Waals surface area contributed by atoms with Gasteiger partial charge in [-0.2, -0.15) is 5.10 Å². The second-order valence-corrected chi connectivity index (χ2v) is 4.80. The van der Waals surface area contributed by atoms with E-state index in [2.05, 4.69) is 10.5 Å². The zero-order valence-corrected chi connectivity index (χ0v) is 12.8. The summed E-state index contributed by atoms with van der Waals surface area (Å²) in [5, 5.41) is 24.5. The molecule has 0 atom stereocenters. The number of non-ortho nitro benzene ring substituents is 1. The largest absolute Gasteiger partial charge is 0.504 e. The predicted molar refractivity (Wildman–Crippen MR) is 87.2 cm³/mol. The summed E-state index contributed by atoms with van der Waals surface area (Å²) in [5.41, 5.74) is 2.92. The molecule has 0 unspecified atom stereocenters. The van der Waals surface area contributed by atoms with Gasteiger partial charge in [-0.25, -0.2) is 5.43 Å². The number of phenols is 1. The standard InChI is InChI=1S/C16H15N3O5/c1-24-14-9-13(19(22)23)8-12(16(14)21)10-17-18-15(20)7-11-5-3-2-4-6-11/h2-6,8-10,21H,7H2,1H3,(H,18,20)/b17-10-. The fraction of sp³-hybridized carbons (Fsp3) is 0.125. The lowest BCUT2D eigenvalue weighted by Gasteiger charge is -2.06. The number of carbonyl (C=O) groups is 1. The summed E-state index contributed by atoms with van der Waals surface area (Å²) < 4.78 is 4.88. The molecule has 0 aliphatic carbocycles. The van der Waals surface area contributed by atoms with Crippen LogP contribution >= 0.6 is 0 Å². The van der Waals surface area contributed by atoms with Crippen LogP contribution in [-0.2, 0) is 11.2 Å². The van der Waals surface area contributed by atoms with Crippen LogP contribution in [0.3, 0.4) is 0 Å². The second kappa shape index (κ2) is 7.73. The van der Waals surface area contributed by atoms with E-state index in [9.17, 15) is 20.0 Å². The smallest absolute Gasteiger partial charge is 0.274 e. The molecule has 124 valence electrons. The summed E-state index contributed by atoms with van der Waals surface area (Å²) in [7, 11) is 1.28. The maximum absolute atomic E-state index is 11.8. The highest BCUT2D eigenvalue weighted by Gasteiger charge is 2.15. The van der Waals surface area contributed by atoms with Crippen molar-refractivity contribution in [1.82, 2.24) is 5.43 Å². The van der Waals surface area contributed by atoms with E-state index < -0.39 is 4.92 Å². The van der Waals surface area contributed by atoms with Gasteiger partial charge in [0.1, 0.15) is 0 Å². The van der Waals surface area contributed by atoms with Gasteiger partial charge >= 0.3 is 0 Å². The van der Waals surface area contributed by atoms with Gasteiger partial charge in [-0.3, -0.25) is 14.9 Å². The fourth-order valence-corrected chi connectivity index (χ4v) is 1.97. The van der Waals surface area contributed by atoms with Crippen LogP contribution in [0.1, 0.15) is 11.1 Å². The van der Waals surface area contributed by atoms with Crippen molar-refractivity contribution in [1.29, 1.82) is 0 Å². The van der Waals surface area contributed by atoms with Crippen LogP contribution in [0.15, 0.2) is 47.6 Å². The third-order valence-corrected chi connectivity index (χ3v) is 3.12. The number of nitro groups is 1. The van der Waals surface area contributed by atoms with Crippen LogP contribution in [-0.4, -0.2) is 29.3 Å². The predicted octanol–water partition coefficient (Wildman–Crippen LogP) is 2.00. The Balaban J connectivity index is 2.09. The van der Waals surface area contributed by atoms with E-state index in [-0.39, 0.29) is 35.1 Å². The van der Waals surface area contributed by atoms with Crippen molar-refractivity contribution < 1.29 is 19.6 Å². The molecule has 2 aromatic carbocycles. The van der Waals surface area contributed by atoms with Gasteiger partial charge < -0.3 is 9.84 Å². The van der Waals surface area contributed by atoms with Crippen LogP contribution in [0.5, 0.6) is 11.5 Å². The normalized spacial score (nSPS) is 10.5. The van der Waals surface area contributed by atoms with Gasteiger partial charge in [0.05, 0.1) is 30.7 Å². The number of hydrogen-bond acceptors (Lipinski definition) is 6. The number of carbonyl (C=O) groups excluding carboxylic acids is 1. The van der Waals surface area contributed by atoms with E-state index in [1.165, 1.54) is 7.11 Å². The Labute approximate surface area is 137 Å². The minimum atomic E-state index is -0.618. The average molecular weight is 329 g/mol. The van der Waals surface area contributed by atoms with Gasteiger partial charge in [0.25, 0.3) is 5.69 Å². The van der Waals surface area contributed by atoms with Crippen molar-refractivity contribution >= 4 is 17.8 Å². The molecule has 0 aromatic heterocycles. The Morgan fingerprint density at radius 3 is 2.71 bits per heavy atom. The van der Waals surface area contributed by atoms with E-state index in [4.69, 9.17) is 4.74 Å². The molecule has 2 aromatic rings. The van der Waals surface area contributed by atoms with Crippen LogP contribution in [0, 0.1) is 10.1 Å². The molecule has 8 nitrogen and oxygen atoms in total. The number of nitrogens with zero attached hydrogens (tertiary/aromatic N) is 2. The number of nitrogens with one attached hydrogen (secondary N) is 1. The van der Waals surface area contributed by atoms with Crippen molar-refractivity contribution in [2.75, 3.05) is 7.11 Å². The molecule has 0 heterocycles. The number of hydrazone groups is 1. The van der Waals surface area contributed by atoms with Gasteiger partial charge in [-0.05, 0) is 5.56 Å². The third-order valence-electron chi connectivity index (χ3n) is 3.12. The second-order valence-electron chi connectivity index (χ2n) is 4.80. The number of hydrogen-bond donors (Lipinski definition) is 2. The van der Waals surface area contributed by atoms with Crippen LogP contribution in [0.25, 0.3) is 0 Å². The molecule has 2 rings (SSSR count). The quantitative estimate of drug-likeness (QED) is 0.478. The van der Waals surface area contributed by atoms with E-state index in [1.807, 2.05) is 18.2 Å². The highest BCUT2D eigenvalue weighted by Crippen LogP contribution is 2.33. The molecule has 0 saturated heterocycles. The molecule has 1 amide bonds. The number of ether oxygens (including phenoxy) is 1. The first-order chi connectivity index (χ1) is 11.5. The lowest BCUT2D eigenvalue weighted by Crippen LogP contribution is -2.19. The van der Waals surface area contributed by atoms with Crippen molar-refractivity contribution in [2.24, 2.45) is 5.10 Å². The zero-order valence-electron chi connectivity index (χ0n) is 12.8. The Bertz CT molecular complexity index is 775. The maximum atomic E-state index is 11.8. The first-order valence-corrected chi connectivity index (χ1v) is 6.92. The van der Waals surface area contributed by atoms with E-state index >= 15 is 0 Å². The molecule has 0 spiro atoms. The molecule has 0 aliphatic heterocycles. The van der Waals surface area contributed by atoms with E-state index in [0.29, 0.717) is 0 Å². The maximum Gasteiger partial charge on any atom is 0.274 e. The lowest BCUT2D eigenvalue weighted by atomic mass is 10.1. The molecule has 0 aliphatic rings. The van der Waals surface area contributed by atoms with Crippen molar-refractivity contribution in [3.8, 4) is 11.5 Å². The molecular weight excluding hydrogens is 314 g/mol. The highest BCUT2D eigenvalue weighted by molar-refractivity contribution is 5.87. The molecular formula is C16H15N3O5. The Hall–Kier alpha value is -3.42. The van der Waals surface area contributed by atoms with Crippen molar-refractivity contribution in [3.05, 3.63) is 63.7 Å². The molecule has 8 heteroatoms. The summed E-state index contributed by atoms with van der Waals surface area (Å²) in [6.07, 6.45) is 1.26. The van der Waals surface area contributed by atoms with Gasteiger partial charge in [0, 0.05) is 11.6 Å². The minimum absolute atomic E-state index is 0.0544. The molecule has 0 fully saturated rings. The van der Waals surface area contributed by atoms with Crippen molar-refractivity contribution in [2.45, 2.75) is 6.42 Å². The molecule has 0 bridgehead atoms. The number of benzene rings is 2. The monoisotopic (exact) mass is 329 g/mol. The van der Waals surface area contributed by atoms with Gasteiger partial charge in [-0.15, -0.1) is 0 Å². The van der Waals surface area contributed by atoms with Crippen molar-refractivity contribution in [3.63, 3.8) is 0 Å². The number of amides is 1. The fourth-order valence-electron chi connectivity index (χ4n) is 1.97. The summed E-state index contributed by atoms with van der Waals surface area (Å²) >= 11 is 0. The van der Waals surface area contributed by atoms with Gasteiger partial charge in [0.15, 0.2) is 11.5 Å². The zero-order chi connectivity index (χ0) is 17.5. The number of nitro benzene ring substituents is 1. The first kappa shape index (κ1) is 16.9. The SMILES string of the molecule is COc1cc([N+](=O)[O-])cc(/C=N\NC(=O)Cc2ccccc2)c1O. The third kappa shape index (κ3) is 4.29. The average Bonchev–Trinajstić information content (AvgIpc) is 2.57. The number of phenolic OH excluding ortho intramolecular Hbond substituents is 1. The lowest BCUT2D eigenvalue weighted by molar-refractivity contribution is -0.385. The molecule has 0 radical (unpaired) electrons. The Morgan fingerprint density at radius 2 is 2.08 bits per heavy atom. The summed E-state index contributed by atoms with van der Waals surface area (Å²) in [4.78, 5) is 22.0. The Kier molecular flexibility index (Phi) is 5.45. The summed E-state index contributed by atoms with van der Waals surface area (Å²) in [5.74, 6) is -0.709. The molecule has 24 heavy (non-hydrogen) atoms. The van der Waals surface area contributed by atoms with Crippen LogP contribution in [0.2, 0.25) is 0 Å². The van der Waals surface area contributed by atoms with Gasteiger partial charge in [-0.1, -0.05) is 30.3 Å². The Morgan fingerprint density at radius 1 is 1.38 bits per heavy atom. The number of rotatable bonds is 6. The number of methoxy groups -OCH3 is 1. The first-order valence-electron chi connectivity index (χ1n) is 6.92. The molecule has 2 N–H and O–H groups in total. The topological polar surface area (TPSA) is 114 Å². The van der Waals surface area contributed by atoms with E-state index in [1.54, 1.807) is 12.1 Å². The molecule has 0 saturated carbocycles. The highest BCUT2D eigenvalue weighted by atomic mass is 16.6. The van der Waals surface area contributed by atoms with Gasteiger partial charge in [0.2, 0.25) is 5.91 Å².